The topological polar surface area (TPSA) is 105 Å². The average Bonchev–Trinajstić information content (AvgIpc) is 2.77. The number of aliphatic hydroxyl groups excluding tert-OH is 1. The monoisotopic (exact) mass is 267 g/mol. The molecule has 8 nitrogen and oxygen atoms in total. The number of aryl methyl sites for hydroxylation is 1. The van der Waals surface area contributed by atoms with Crippen LogP contribution < -0.4 is 16.6 Å². The van der Waals surface area contributed by atoms with Crippen molar-refractivity contribution in [2.24, 2.45) is 14.1 Å². The largest absolute Gasteiger partial charge is 0.393 e. The van der Waals surface area contributed by atoms with Crippen LogP contribution in [-0.4, -0.2) is 36.9 Å². The van der Waals surface area contributed by atoms with E-state index in [1.807, 2.05) is 0 Å². The second kappa shape index (κ2) is 4.88. The zero-order valence-electron chi connectivity index (χ0n) is 11.1. The summed E-state index contributed by atoms with van der Waals surface area (Å²) in [4.78, 5) is 30.7. The molecule has 8 heteroatoms. The Labute approximate surface area is 108 Å². The van der Waals surface area contributed by atoms with Crippen molar-refractivity contribution < 1.29 is 5.11 Å². The van der Waals surface area contributed by atoms with E-state index in [1.54, 1.807) is 14.0 Å². The zero-order chi connectivity index (χ0) is 14.2. The first-order valence-electron chi connectivity index (χ1n) is 5.99. The fraction of sp³-hybridized carbons (Fsp3) is 0.545. The molecule has 0 saturated heterocycles. The summed E-state index contributed by atoms with van der Waals surface area (Å²) < 4.78 is 2.34. The van der Waals surface area contributed by atoms with Gasteiger partial charge in [-0.3, -0.25) is 13.9 Å². The van der Waals surface area contributed by atoms with Crippen molar-refractivity contribution in [1.82, 2.24) is 19.1 Å². The minimum atomic E-state index is -0.417. The van der Waals surface area contributed by atoms with Crippen LogP contribution in [0.2, 0.25) is 0 Å². The molecule has 2 aromatic heterocycles. The molecular weight excluding hydrogens is 250 g/mol. The molecule has 0 aliphatic rings. The molecule has 0 aromatic carbocycles. The summed E-state index contributed by atoms with van der Waals surface area (Å²) in [6, 6.07) is 0. The standard InChI is InChI=1S/C11H17N5O3/c1-6(17)4-5-12-10-13-7-8(14-10)15(2)11(19)16(3)9(7)18/h6,17H,4-5H2,1-3H3,(H2,12,13,14). The number of anilines is 1. The smallest absolute Gasteiger partial charge is 0.332 e. The van der Waals surface area contributed by atoms with Gasteiger partial charge in [-0.15, -0.1) is 0 Å². The summed E-state index contributed by atoms with van der Waals surface area (Å²) in [5.41, 5.74) is -0.231. The Bertz CT molecular complexity index is 709. The van der Waals surface area contributed by atoms with E-state index >= 15 is 0 Å². The molecule has 0 spiro atoms. The van der Waals surface area contributed by atoms with Gasteiger partial charge in [0.1, 0.15) is 0 Å². The van der Waals surface area contributed by atoms with Gasteiger partial charge in [0.2, 0.25) is 5.95 Å². The van der Waals surface area contributed by atoms with Gasteiger partial charge in [-0.25, -0.2) is 4.79 Å². The second-order valence-corrected chi connectivity index (χ2v) is 4.55. The van der Waals surface area contributed by atoms with Gasteiger partial charge in [0.15, 0.2) is 11.2 Å². The van der Waals surface area contributed by atoms with Gasteiger partial charge >= 0.3 is 5.69 Å². The number of hydrogen-bond acceptors (Lipinski definition) is 5. The molecule has 104 valence electrons. The summed E-state index contributed by atoms with van der Waals surface area (Å²) in [7, 11) is 2.98. The van der Waals surface area contributed by atoms with Crippen molar-refractivity contribution in [3.63, 3.8) is 0 Å². The van der Waals surface area contributed by atoms with Crippen LogP contribution in [0.4, 0.5) is 5.95 Å². The number of rotatable bonds is 4. The van der Waals surface area contributed by atoms with Crippen molar-refractivity contribution in [3.8, 4) is 0 Å². The number of aromatic amines is 1. The maximum atomic E-state index is 11.9. The van der Waals surface area contributed by atoms with E-state index in [2.05, 4.69) is 15.3 Å². The van der Waals surface area contributed by atoms with E-state index in [0.29, 0.717) is 24.6 Å². The molecule has 2 heterocycles. The molecule has 0 bridgehead atoms. The maximum absolute atomic E-state index is 11.9. The molecule has 0 aliphatic heterocycles. The molecule has 2 rings (SSSR count). The third kappa shape index (κ3) is 2.39. The third-order valence-corrected chi connectivity index (χ3v) is 2.95. The van der Waals surface area contributed by atoms with Crippen molar-refractivity contribution in [3.05, 3.63) is 20.8 Å². The van der Waals surface area contributed by atoms with Crippen molar-refractivity contribution in [2.45, 2.75) is 19.4 Å². The molecule has 0 radical (unpaired) electrons. The Morgan fingerprint density at radius 1 is 1.37 bits per heavy atom. The number of nitrogens with zero attached hydrogens (tertiary/aromatic N) is 3. The maximum Gasteiger partial charge on any atom is 0.332 e. The van der Waals surface area contributed by atoms with Crippen LogP contribution in [0.25, 0.3) is 11.2 Å². The van der Waals surface area contributed by atoms with Crippen molar-refractivity contribution >= 4 is 17.1 Å². The van der Waals surface area contributed by atoms with Crippen LogP contribution in [0.15, 0.2) is 9.59 Å². The molecule has 1 atom stereocenters. The number of nitrogens with one attached hydrogen (secondary N) is 2. The molecular formula is C11H17N5O3. The van der Waals surface area contributed by atoms with Gasteiger partial charge in [0.25, 0.3) is 5.56 Å². The van der Waals surface area contributed by atoms with Crippen LogP contribution in [-0.2, 0) is 14.1 Å². The van der Waals surface area contributed by atoms with Crippen LogP contribution >= 0.6 is 0 Å². The Morgan fingerprint density at radius 3 is 2.68 bits per heavy atom. The number of fused-ring (bicyclic) bond motifs is 1. The van der Waals surface area contributed by atoms with Gasteiger partial charge in [-0.1, -0.05) is 0 Å². The van der Waals surface area contributed by atoms with Gasteiger partial charge in [0, 0.05) is 20.6 Å². The highest BCUT2D eigenvalue weighted by atomic mass is 16.3. The Kier molecular flexibility index (Phi) is 3.43. The lowest BCUT2D eigenvalue weighted by Gasteiger charge is -2.03. The Balaban J connectivity index is 2.41. The van der Waals surface area contributed by atoms with E-state index in [4.69, 9.17) is 5.11 Å². The summed E-state index contributed by atoms with van der Waals surface area (Å²) in [6.45, 7) is 2.21. The highest BCUT2D eigenvalue weighted by molar-refractivity contribution is 5.72. The molecule has 0 fully saturated rings. The summed E-state index contributed by atoms with van der Waals surface area (Å²) in [5, 5.41) is 12.1. The molecule has 19 heavy (non-hydrogen) atoms. The van der Waals surface area contributed by atoms with Crippen LogP contribution in [0.5, 0.6) is 0 Å². The lowest BCUT2D eigenvalue weighted by atomic mass is 10.3. The van der Waals surface area contributed by atoms with Crippen LogP contribution in [0, 0.1) is 0 Å². The summed E-state index contributed by atoms with van der Waals surface area (Å²) in [6.07, 6.45) is 0.155. The number of hydrogen-bond donors (Lipinski definition) is 3. The predicted octanol–water partition coefficient (Wildman–Crippen LogP) is -0.857. The SMILES string of the molecule is CC(O)CCNc1nc2c([nH]1)c(=O)n(C)c(=O)n2C. The number of imidazole rings is 1. The van der Waals surface area contributed by atoms with Crippen LogP contribution in [0.3, 0.4) is 0 Å². The number of H-pyrrole nitrogens is 1. The summed E-state index contributed by atoms with van der Waals surface area (Å²) in [5.74, 6) is 0.411. The average molecular weight is 267 g/mol. The predicted molar refractivity (Wildman–Crippen MR) is 71.4 cm³/mol. The first kappa shape index (κ1) is 13.3. The number of aliphatic hydroxyl groups is 1. The minimum absolute atomic E-state index is 0.282. The quantitative estimate of drug-likeness (QED) is 0.669. The van der Waals surface area contributed by atoms with E-state index in [9.17, 15) is 9.59 Å². The van der Waals surface area contributed by atoms with Crippen molar-refractivity contribution in [1.29, 1.82) is 0 Å². The number of aromatic nitrogens is 4. The lowest BCUT2D eigenvalue weighted by Crippen LogP contribution is -2.36. The second-order valence-electron chi connectivity index (χ2n) is 4.55. The third-order valence-electron chi connectivity index (χ3n) is 2.95. The van der Waals surface area contributed by atoms with Crippen LogP contribution in [0.1, 0.15) is 13.3 Å². The highest BCUT2D eigenvalue weighted by Gasteiger charge is 2.13. The highest BCUT2D eigenvalue weighted by Crippen LogP contribution is 2.08. The van der Waals surface area contributed by atoms with E-state index in [-0.39, 0.29) is 5.52 Å². The van der Waals surface area contributed by atoms with E-state index in [0.717, 1.165) is 4.57 Å². The van der Waals surface area contributed by atoms with Gasteiger partial charge < -0.3 is 15.4 Å². The molecule has 2 aromatic rings. The van der Waals surface area contributed by atoms with Gasteiger partial charge in [0.05, 0.1) is 6.10 Å². The molecule has 1 unspecified atom stereocenters. The Hall–Kier alpha value is -2.09. The van der Waals surface area contributed by atoms with Gasteiger partial charge in [-0.2, -0.15) is 4.98 Å². The first-order chi connectivity index (χ1) is 8.91. The first-order valence-corrected chi connectivity index (χ1v) is 5.99. The summed E-state index contributed by atoms with van der Waals surface area (Å²) >= 11 is 0. The fourth-order valence-electron chi connectivity index (χ4n) is 1.81. The minimum Gasteiger partial charge on any atom is -0.393 e. The Morgan fingerprint density at radius 2 is 2.05 bits per heavy atom. The van der Waals surface area contributed by atoms with E-state index in [1.165, 1.54) is 11.6 Å². The normalized spacial score (nSPS) is 12.8. The molecule has 0 amide bonds. The van der Waals surface area contributed by atoms with Gasteiger partial charge in [-0.05, 0) is 13.3 Å². The molecule has 0 aliphatic carbocycles. The lowest BCUT2D eigenvalue weighted by molar-refractivity contribution is 0.188. The van der Waals surface area contributed by atoms with E-state index < -0.39 is 17.4 Å². The molecule has 3 N–H and O–H groups in total. The molecule has 0 saturated carbocycles. The van der Waals surface area contributed by atoms with Crippen molar-refractivity contribution in [2.75, 3.05) is 11.9 Å². The fourth-order valence-corrected chi connectivity index (χ4v) is 1.81. The zero-order valence-corrected chi connectivity index (χ0v) is 11.1.